The summed E-state index contributed by atoms with van der Waals surface area (Å²) in [6.45, 7) is 2.65. The molecule has 0 amide bonds. The van der Waals surface area contributed by atoms with Crippen molar-refractivity contribution in [3.05, 3.63) is 22.2 Å². The van der Waals surface area contributed by atoms with Crippen molar-refractivity contribution in [3.63, 3.8) is 0 Å². The van der Waals surface area contributed by atoms with Gasteiger partial charge in [-0.2, -0.15) is 5.10 Å². The van der Waals surface area contributed by atoms with Crippen molar-refractivity contribution in [1.82, 2.24) is 20.3 Å². The summed E-state index contributed by atoms with van der Waals surface area (Å²) in [5.41, 5.74) is 6.32. The third-order valence-electron chi connectivity index (χ3n) is 2.50. The van der Waals surface area contributed by atoms with E-state index in [0.717, 1.165) is 21.2 Å². The minimum absolute atomic E-state index is 0.111. The Hall–Kier alpha value is -2.16. The van der Waals surface area contributed by atoms with Crippen molar-refractivity contribution in [2.24, 2.45) is 5.10 Å². The summed E-state index contributed by atoms with van der Waals surface area (Å²) in [6, 6.07) is 3.66. The van der Waals surface area contributed by atoms with Crippen molar-refractivity contribution >= 4 is 28.1 Å². The Morgan fingerprint density at radius 2 is 2.29 bits per heavy atom. The Morgan fingerprint density at radius 1 is 1.48 bits per heavy atom. The van der Waals surface area contributed by atoms with Gasteiger partial charge in [0, 0.05) is 0 Å². The molecule has 0 radical (unpaired) electrons. The molecular formula is C12H15BrN6O2. The number of benzene rings is 1. The van der Waals surface area contributed by atoms with Crippen LogP contribution in [0, 0.1) is 0 Å². The molecule has 21 heavy (non-hydrogen) atoms. The second-order valence-corrected chi connectivity index (χ2v) is 4.91. The van der Waals surface area contributed by atoms with Crippen LogP contribution in [0.3, 0.4) is 0 Å². The predicted octanol–water partition coefficient (Wildman–Crippen LogP) is 1.70. The van der Waals surface area contributed by atoms with Crippen LogP contribution in [-0.2, 0) is 0 Å². The molecule has 2 aromatic rings. The van der Waals surface area contributed by atoms with Gasteiger partial charge in [-0.05, 0) is 50.5 Å². The van der Waals surface area contributed by atoms with E-state index in [4.69, 9.17) is 15.2 Å². The third-order valence-corrected chi connectivity index (χ3v) is 3.08. The molecule has 2 rings (SSSR count). The molecule has 0 atom stereocenters. The third kappa shape index (κ3) is 3.69. The first kappa shape index (κ1) is 15.2. The van der Waals surface area contributed by atoms with Crippen LogP contribution in [0.4, 0.5) is 5.95 Å². The summed E-state index contributed by atoms with van der Waals surface area (Å²) in [4.78, 5) is 1.13. The highest BCUT2D eigenvalue weighted by atomic mass is 79.9. The molecule has 0 aliphatic rings. The average Bonchev–Trinajstić information content (AvgIpc) is 2.88. The molecule has 0 aliphatic carbocycles. The molecule has 0 spiro atoms. The quantitative estimate of drug-likeness (QED) is 0.792. The summed E-state index contributed by atoms with van der Waals surface area (Å²) in [5.74, 6) is 1.39. The zero-order valence-corrected chi connectivity index (χ0v) is 13.2. The van der Waals surface area contributed by atoms with E-state index in [9.17, 15) is 0 Å². The largest absolute Gasteiger partial charge is 0.493 e. The number of halogens is 1. The van der Waals surface area contributed by atoms with Gasteiger partial charge in [-0.15, -0.1) is 0 Å². The maximum atomic E-state index is 5.66. The van der Waals surface area contributed by atoms with Crippen molar-refractivity contribution in [3.8, 4) is 11.5 Å². The van der Waals surface area contributed by atoms with Crippen LogP contribution in [-0.4, -0.2) is 40.2 Å². The zero-order valence-electron chi connectivity index (χ0n) is 11.7. The van der Waals surface area contributed by atoms with Crippen molar-refractivity contribution < 1.29 is 9.47 Å². The normalized spacial score (nSPS) is 11.0. The van der Waals surface area contributed by atoms with Crippen molar-refractivity contribution in [2.75, 3.05) is 19.5 Å². The Bertz CT molecular complexity index is 643. The van der Waals surface area contributed by atoms with E-state index in [2.05, 4.69) is 36.6 Å². The second kappa shape index (κ2) is 7.02. The lowest BCUT2D eigenvalue weighted by molar-refractivity contribution is 0.292. The summed E-state index contributed by atoms with van der Waals surface area (Å²) in [6.07, 6.45) is 2.49. The topological polar surface area (TPSA) is 100 Å². The van der Waals surface area contributed by atoms with Gasteiger partial charge in [0.1, 0.15) is 0 Å². The fourth-order valence-corrected chi connectivity index (χ4v) is 2.13. The summed E-state index contributed by atoms with van der Waals surface area (Å²) >= 11 is 3.46. The van der Waals surface area contributed by atoms with E-state index < -0.39 is 0 Å². The lowest BCUT2D eigenvalue weighted by Crippen LogP contribution is -2.01. The average molecular weight is 355 g/mol. The summed E-state index contributed by atoms with van der Waals surface area (Å²) < 4.78 is 11.8. The minimum Gasteiger partial charge on any atom is -0.493 e. The van der Waals surface area contributed by atoms with Crippen molar-refractivity contribution in [1.29, 1.82) is 0 Å². The maximum absolute atomic E-state index is 5.66. The van der Waals surface area contributed by atoms with Crippen LogP contribution in [0.1, 0.15) is 18.9 Å². The number of nitrogens with two attached hydrogens (primary N) is 1. The van der Waals surface area contributed by atoms with Gasteiger partial charge in [0.25, 0.3) is 5.95 Å². The van der Waals surface area contributed by atoms with Crippen LogP contribution >= 0.6 is 15.9 Å². The van der Waals surface area contributed by atoms with Gasteiger partial charge < -0.3 is 15.2 Å². The molecule has 0 unspecified atom stereocenters. The molecule has 8 nitrogen and oxygen atoms in total. The lowest BCUT2D eigenvalue weighted by atomic mass is 10.2. The monoisotopic (exact) mass is 354 g/mol. The second-order valence-electron chi connectivity index (χ2n) is 4.05. The SMILES string of the molecule is CCCOc1c(Br)cc(/C=N\n2nnnc2N)cc1OC. The Balaban J connectivity index is 2.27. The summed E-state index contributed by atoms with van der Waals surface area (Å²) in [5, 5.41) is 14.6. The fourth-order valence-electron chi connectivity index (χ4n) is 1.55. The first-order valence-electron chi connectivity index (χ1n) is 6.24. The van der Waals surface area contributed by atoms with E-state index >= 15 is 0 Å². The van der Waals surface area contributed by atoms with E-state index in [-0.39, 0.29) is 5.95 Å². The molecule has 0 bridgehead atoms. The molecule has 9 heteroatoms. The van der Waals surface area contributed by atoms with E-state index in [1.807, 2.05) is 13.0 Å². The highest BCUT2D eigenvalue weighted by Gasteiger charge is 2.11. The Labute approximate surface area is 130 Å². The van der Waals surface area contributed by atoms with E-state index in [1.165, 1.54) is 0 Å². The van der Waals surface area contributed by atoms with Gasteiger partial charge >= 0.3 is 0 Å². The lowest BCUT2D eigenvalue weighted by Gasteiger charge is -2.12. The molecule has 0 saturated carbocycles. The number of ether oxygens (including phenoxy) is 2. The molecule has 112 valence electrons. The molecule has 1 heterocycles. The zero-order chi connectivity index (χ0) is 15.2. The standard InChI is InChI=1S/C12H15BrN6O2/c1-3-4-21-11-9(13)5-8(6-10(11)20-2)7-15-19-12(14)16-17-18-19/h5-7H,3-4H2,1-2H3,(H2,14,16,18)/b15-7-. The van der Waals surface area contributed by atoms with Crippen LogP contribution in [0.2, 0.25) is 0 Å². The Kier molecular flexibility index (Phi) is 5.09. The first-order chi connectivity index (χ1) is 10.2. The molecular weight excluding hydrogens is 340 g/mol. The van der Waals surface area contributed by atoms with Crippen molar-refractivity contribution in [2.45, 2.75) is 13.3 Å². The minimum atomic E-state index is 0.111. The van der Waals surface area contributed by atoms with Crippen LogP contribution in [0.5, 0.6) is 11.5 Å². The van der Waals surface area contributed by atoms with Crippen LogP contribution < -0.4 is 15.2 Å². The predicted molar refractivity (Wildman–Crippen MR) is 81.7 cm³/mol. The fraction of sp³-hybridized carbons (Fsp3) is 0.333. The number of hydrogen-bond donors (Lipinski definition) is 1. The number of anilines is 1. The van der Waals surface area contributed by atoms with Gasteiger partial charge in [0.2, 0.25) is 0 Å². The van der Waals surface area contributed by atoms with E-state index in [1.54, 1.807) is 19.4 Å². The number of nitrogens with zero attached hydrogens (tertiary/aromatic N) is 5. The van der Waals surface area contributed by atoms with Crippen LogP contribution in [0.25, 0.3) is 0 Å². The molecule has 0 saturated heterocycles. The molecule has 2 N–H and O–H groups in total. The number of aromatic nitrogens is 4. The first-order valence-corrected chi connectivity index (χ1v) is 7.03. The molecule has 0 aliphatic heterocycles. The molecule has 1 aromatic carbocycles. The van der Waals surface area contributed by atoms with Gasteiger partial charge in [-0.25, -0.2) is 0 Å². The maximum Gasteiger partial charge on any atom is 0.263 e. The van der Waals surface area contributed by atoms with Gasteiger partial charge in [-0.1, -0.05) is 16.8 Å². The molecule has 1 aromatic heterocycles. The smallest absolute Gasteiger partial charge is 0.263 e. The van der Waals surface area contributed by atoms with E-state index in [0.29, 0.717) is 18.1 Å². The number of hydrogen-bond acceptors (Lipinski definition) is 7. The highest BCUT2D eigenvalue weighted by Crippen LogP contribution is 2.36. The number of rotatable bonds is 6. The number of nitrogen functional groups attached to an aromatic ring is 1. The van der Waals surface area contributed by atoms with Gasteiger partial charge in [-0.3, -0.25) is 0 Å². The highest BCUT2D eigenvalue weighted by molar-refractivity contribution is 9.10. The summed E-state index contributed by atoms with van der Waals surface area (Å²) in [7, 11) is 1.58. The van der Waals surface area contributed by atoms with Gasteiger partial charge in [0.15, 0.2) is 11.5 Å². The Morgan fingerprint density at radius 3 is 2.90 bits per heavy atom. The number of methoxy groups -OCH3 is 1. The van der Waals surface area contributed by atoms with Crippen LogP contribution in [0.15, 0.2) is 21.7 Å². The molecule has 0 fully saturated rings. The van der Waals surface area contributed by atoms with Gasteiger partial charge in [0.05, 0.1) is 24.4 Å². The number of tetrazole rings is 1.